The number of rotatable bonds is 1. The van der Waals surface area contributed by atoms with Crippen LogP contribution in [0.5, 0.6) is 0 Å². The van der Waals surface area contributed by atoms with Gasteiger partial charge in [-0.25, -0.2) is 0 Å². The molecule has 0 saturated carbocycles. The zero-order valence-corrected chi connectivity index (χ0v) is 6.97. The van der Waals surface area contributed by atoms with E-state index in [-0.39, 0.29) is 31.1 Å². The van der Waals surface area contributed by atoms with Crippen LogP contribution < -0.4 is 0 Å². The van der Waals surface area contributed by atoms with Crippen LogP contribution in [-0.2, 0) is 0 Å². The molecule has 1 heteroatoms. The SMILES string of the molecule is [CH-]=CC=[CH-].[U+2]. The molecule has 24 valence electrons. The summed E-state index contributed by atoms with van der Waals surface area (Å²) >= 11 is 0. The Morgan fingerprint density at radius 1 is 1.00 bits per heavy atom. The number of hydrogen-bond acceptors (Lipinski definition) is 0. The normalized spacial score (nSPS) is 4.00. The van der Waals surface area contributed by atoms with Gasteiger partial charge in [0.25, 0.3) is 0 Å². The van der Waals surface area contributed by atoms with Crippen molar-refractivity contribution in [3.05, 3.63) is 25.3 Å². The van der Waals surface area contributed by atoms with Crippen molar-refractivity contribution in [2.45, 2.75) is 0 Å². The second-order valence-electron chi connectivity index (χ2n) is 0.385. The van der Waals surface area contributed by atoms with E-state index in [0.717, 1.165) is 0 Å². The van der Waals surface area contributed by atoms with Crippen molar-refractivity contribution in [1.82, 2.24) is 0 Å². The van der Waals surface area contributed by atoms with Crippen LogP contribution in [0.1, 0.15) is 0 Å². The Bertz CT molecular complexity index is 24.6. The molecule has 0 aromatic carbocycles. The fraction of sp³-hybridized carbons (Fsp3) is 0. The third-order valence-electron chi connectivity index (χ3n) is 0.111. The van der Waals surface area contributed by atoms with Gasteiger partial charge in [-0.2, -0.15) is 0 Å². The molecule has 0 rings (SSSR count). The zero-order chi connectivity index (χ0) is 3.41. The van der Waals surface area contributed by atoms with E-state index >= 15 is 0 Å². The van der Waals surface area contributed by atoms with Gasteiger partial charge in [0, 0.05) is 0 Å². The molecule has 0 aromatic heterocycles. The van der Waals surface area contributed by atoms with Gasteiger partial charge in [-0.3, -0.25) is 0 Å². The molecule has 0 aliphatic carbocycles. The van der Waals surface area contributed by atoms with E-state index in [2.05, 4.69) is 0 Å². The maximum absolute atomic E-state index is 4.72. The van der Waals surface area contributed by atoms with Crippen LogP contribution in [0.25, 0.3) is 0 Å². The Morgan fingerprint density at radius 2 is 1.20 bits per heavy atom. The fourth-order valence-electron chi connectivity index (χ4n) is 0. The molecule has 0 aliphatic heterocycles. The summed E-state index contributed by atoms with van der Waals surface area (Å²) in [5, 5.41) is 0. The minimum Gasteiger partial charge on any atom is -0.394 e. The molecule has 0 aliphatic rings. The van der Waals surface area contributed by atoms with E-state index in [1.165, 1.54) is 12.2 Å². The minimum atomic E-state index is 0. The molecule has 0 spiro atoms. The number of hydrogen-bond donors (Lipinski definition) is 0. The van der Waals surface area contributed by atoms with E-state index in [9.17, 15) is 0 Å². The van der Waals surface area contributed by atoms with Gasteiger partial charge >= 0.3 is 31.1 Å². The van der Waals surface area contributed by atoms with Gasteiger partial charge in [0.15, 0.2) is 0 Å². The molecule has 0 unspecified atom stereocenters. The molecule has 0 bridgehead atoms. The molecular weight excluding hydrogens is 286 g/mol. The number of allylic oxidation sites excluding steroid dienone is 2. The second kappa shape index (κ2) is 8.82. The zero-order valence-electron chi connectivity index (χ0n) is 2.81. The Hall–Kier alpha value is 0.532. The largest absolute Gasteiger partial charge is 2.00 e. The Morgan fingerprint density at radius 3 is 1.20 bits per heavy atom. The molecule has 0 heterocycles. The summed E-state index contributed by atoms with van der Waals surface area (Å²) in [6.07, 6.45) is 2.56. The van der Waals surface area contributed by atoms with E-state index < -0.39 is 0 Å². The van der Waals surface area contributed by atoms with Crippen LogP contribution in [0.4, 0.5) is 0 Å². The van der Waals surface area contributed by atoms with Crippen LogP contribution in [-0.4, -0.2) is 0 Å². The quantitative estimate of drug-likeness (QED) is 0.498. The maximum atomic E-state index is 4.72. The maximum Gasteiger partial charge on any atom is 2.00 e. The minimum absolute atomic E-state index is 0. The summed E-state index contributed by atoms with van der Waals surface area (Å²) in [5.74, 6) is 0. The second-order valence-corrected chi connectivity index (χ2v) is 0.385. The average Bonchev–Trinajstić information content (AvgIpc) is 1.37. The third-order valence-corrected chi connectivity index (χ3v) is 0.111. The molecule has 0 amide bonds. The van der Waals surface area contributed by atoms with E-state index in [1.54, 1.807) is 0 Å². The summed E-state index contributed by atoms with van der Waals surface area (Å²) in [6, 6.07) is 0. The van der Waals surface area contributed by atoms with Crippen molar-refractivity contribution < 1.29 is 31.1 Å². The molecule has 0 radical (unpaired) electrons. The summed E-state index contributed by atoms with van der Waals surface area (Å²) in [6.45, 7) is 9.44. The van der Waals surface area contributed by atoms with Gasteiger partial charge in [0.2, 0.25) is 0 Å². The molecule has 0 saturated heterocycles. The standard InChI is InChI=1S/C4H4.U/c1-3-4-2;/h1-4H;/q-2;+2. The van der Waals surface area contributed by atoms with Gasteiger partial charge < -0.3 is 25.3 Å². The fourth-order valence-corrected chi connectivity index (χ4v) is 0. The van der Waals surface area contributed by atoms with E-state index in [1.807, 2.05) is 0 Å². The van der Waals surface area contributed by atoms with Crippen LogP contribution >= 0.6 is 0 Å². The van der Waals surface area contributed by atoms with Gasteiger partial charge in [0.05, 0.1) is 0 Å². The Balaban J connectivity index is 0. The van der Waals surface area contributed by atoms with Crippen molar-refractivity contribution in [2.24, 2.45) is 0 Å². The van der Waals surface area contributed by atoms with Crippen molar-refractivity contribution in [3.63, 3.8) is 0 Å². The van der Waals surface area contributed by atoms with Crippen LogP contribution in [0.15, 0.2) is 12.2 Å². The van der Waals surface area contributed by atoms with Gasteiger partial charge in [-0.1, -0.05) is 0 Å². The molecule has 0 fully saturated rings. The van der Waals surface area contributed by atoms with Crippen molar-refractivity contribution in [2.75, 3.05) is 0 Å². The molecule has 0 N–H and O–H groups in total. The van der Waals surface area contributed by atoms with Crippen molar-refractivity contribution >= 4 is 0 Å². The van der Waals surface area contributed by atoms with Crippen molar-refractivity contribution in [3.8, 4) is 0 Å². The molecular formula is C4H4U. The summed E-state index contributed by atoms with van der Waals surface area (Å²) in [5.41, 5.74) is 0. The Kier molecular flexibility index (Phi) is 16.1. The van der Waals surface area contributed by atoms with Gasteiger partial charge in [-0.15, -0.1) is 0 Å². The average molecular weight is 290 g/mol. The smallest absolute Gasteiger partial charge is 0.394 e. The molecule has 0 nitrogen and oxygen atoms in total. The van der Waals surface area contributed by atoms with Crippen LogP contribution in [0, 0.1) is 44.3 Å². The first-order chi connectivity index (χ1) is 1.91. The molecule has 5 heavy (non-hydrogen) atoms. The summed E-state index contributed by atoms with van der Waals surface area (Å²) in [4.78, 5) is 0. The molecule has 0 atom stereocenters. The summed E-state index contributed by atoms with van der Waals surface area (Å²) < 4.78 is 0. The summed E-state index contributed by atoms with van der Waals surface area (Å²) in [7, 11) is 0. The predicted molar refractivity (Wildman–Crippen MR) is 17.7 cm³/mol. The first-order valence-electron chi connectivity index (χ1n) is 1.00. The topological polar surface area (TPSA) is 0 Å². The third kappa shape index (κ3) is 12.4. The monoisotopic (exact) mass is 290 g/mol. The Labute approximate surface area is 56.3 Å². The van der Waals surface area contributed by atoms with E-state index in [4.69, 9.17) is 13.2 Å². The first kappa shape index (κ1) is 9.11. The van der Waals surface area contributed by atoms with Crippen LogP contribution in [0.3, 0.4) is 0 Å². The van der Waals surface area contributed by atoms with Gasteiger partial charge in [-0.05, 0) is 0 Å². The van der Waals surface area contributed by atoms with Crippen molar-refractivity contribution in [1.29, 1.82) is 0 Å². The predicted octanol–water partition coefficient (Wildman–Crippen LogP) is 0.965. The molecule has 0 aromatic rings. The van der Waals surface area contributed by atoms with Gasteiger partial charge in [0.1, 0.15) is 0 Å². The first-order valence-corrected chi connectivity index (χ1v) is 1.00. The van der Waals surface area contributed by atoms with Crippen LogP contribution in [0.2, 0.25) is 0 Å². The van der Waals surface area contributed by atoms with E-state index in [0.29, 0.717) is 0 Å².